The van der Waals surface area contributed by atoms with E-state index >= 15 is 0 Å². The SMILES string of the molecule is CCn1nc(C)c2nc(N)n(CC(C)(C)c3cccs3)c21. The number of fused-ring (bicyclic) bond motifs is 1. The lowest BCUT2D eigenvalue weighted by Gasteiger charge is -2.24. The topological polar surface area (TPSA) is 61.7 Å². The Kier molecular flexibility index (Phi) is 3.28. The van der Waals surface area contributed by atoms with Crippen molar-refractivity contribution in [3.63, 3.8) is 0 Å². The highest BCUT2D eigenvalue weighted by Crippen LogP contribution is 2.32. The second kappa shape index (κ2) is 4.87. The minimum Gasteiger partial charge on any atom is -0.369 e. The number of hydrogen-bond acceptors (Lipinski definition) is 4. The first-order valence-corrected chi connectivity index (χ1v) is 8.05. The number of imidazole rings is 1. The van der Waals surface area contributed by atoms with Crippen LogP contribution in [-0.2, 0) is 18.5 Å². The Balaban J connectivity index is 2.10. The van der Waals surface area contributed by atoms with Crippen LogP contribution in [0.5, 0.6) is 0 Å². The molecule has 3 rings (SSSR count). The van der Waals surface area contributed by atoms with Crippen molar-refractivity contribution in [2.45, 2.75) is 46.2 Å². The summed E-state index contributed by atoms with van der Waals surface area (Å²) in [6.45, 7) is 10.2. The Hall–Kier alpha value is -1.82. The van der Waals surface area contributed by atoms with Gasteiger partial charge >= 0.3 is 0 Å². The van der Waals surface area contributed by atoms with Crippen molar-refractivity contribution in [3.8, 4) is 0 Å². The number of thiophene rings is 1. The van der Waals surface area contributed by atoms with Gasteiger partial charge in [0, 0.05) is 23.4 Å². The van der Waals surface area contributed by atoms with Crippen LogP contribution in [0.25, 0.3) is 11.2 Å². The summed E-state index contributed by atoms with van der Waals surface area (Å²) in [4.78, 5) is 5.86. The quantitative estimate of drug-likeness (QED) is 0.805. The van der Waals surface area contributed by atoms with Gasteiger partial charge in [-0.25, -0.2) is 9.67 Å². The number of hydrogen-bond donors (Lipinski definition) is 1. The number of rotatable bonds is 4. The second-order valence-electron chi connectivity index (χ2n) is 5.99. The number of anilines is 1. The summed E-state index contributed by atoms with van der Waals surface area (Å²) in [5.74, 6) is 0.567. The van der Waals surface area contributed by atoms with Gasteiger partial charge in [-0.2, -0.15) is 5.10 Å². The molecule has 3 aromatic heterocycles. The predicted octanol–water partition coefficient (Wildman–Crippen LogP) is 3.18. The number of aromatic nitrogens is 4. The maximum Gasteiger partial charge on any atom is 0.202 e. The van der Waals surface area contributed by atoms with Gasteiger partial charge in [0.05, 0.1) is 5.69 Å². The van der Waals surface area contributed by atoms with Crippen molar-refractivity contribution in [2.75, 3.05) is 5.73 Å². The van der Waals surface area contributed by atoms with E-state index in [4.69, 9.17) is 5.73 Å². The maximum atomic E-state index is 6.16. The fraction of sp³-hybridized carbons (Fsp3) is 0.467. The molecule has 0 aromatic carbocycles. The third-order valence-corrected chi connectivity index (χ3v) is 5.11. The van der Waals surface area contributed by atoms with Crippen LogP contribution >= 0.6 is 11.3 Å². The molecule has 112 valence electrons. The molecule has 0 aliphatic rings. The lowest BCUT2D eigenvalue weighted by Crippen LogP contribution is -2.25. The fourth-order valence-electron chi connectivity index (χ4n) is 2.75. The van der Waals surface area contributed by atoms with Crippen LogP contribution in [0, 0.1) is 6.92 Å². The molecule has 21 heavy (non-hydrogen) atoms. The molecule has 0 aliphatic carbocycles. The van der Waals surface area contributed by atoms with Crippen molar-refractivity contribution in [2.24, 2.45) is 0 Å². The lowest BCUT2D eigenvalue weighted by molar-refractivity contribution is 0.447. The number of nitrogens with zero attached hydrogens (tertiary/aromatic N) is 4. The summed E-state index contributed by atoms with van der Waals surface area (Å²) < 4.78 is 4.08. The minimum absolute atomic E-state index is 0.00661. The predicted molar refractivity (Wildman–Crippen MR) is 87.7 cm³/mol. The van der Waals surface area contributed by atoms with Crippen molar-refractivity contribution in [3.05, 3.63) is 28.1 Å². The van der Waals surface area contributed by atoms with Crippen molar-refractivity contribution < 1.29 is 0 Å². The van der Waals surface area contributed by atoms with Gasteiger partial charge in [-0.1, -0.05) is 19.9 Å². The maximum absolute atomic E-state index is 6.16. The standard InChI is InChI=1S/C15H21N5S/c1-5-20-13-12(10(2)18-20)17-14(16)19(13)9-15(3,4)11-7-6-8-21-11/h6-8H,5,9H2,1-4H3,(H2,16,17). The van der Waals surface area contributed by atoms with Crippen molar-refractivity contribution in [1.82, 2.24) is 19.3 Å². The van der Waals surface area contributed by atoms with E-state index in [1.807, 2.05) is 11.6 Å². The monoisotopic (exact) mass is 303 g/mol. The first kappa shape index (κ1) is 14.1. The smallest absolute Gasteiger partial charge is 0.202 e. The van der Waals surface area contributed by atoms with E-state index in [1.165, 1.54) is 4.88 Å². The Morgan fingerprint density at radius 2 is 2.14 bits per heavy atom. The molecule has 0 fully saturated rings. The van der Waals surface area contributed by atoms with Crippen molar-refractivity contribution >= 4 is 28.4 Å². The zero-order valence-electron chi connectivity index (χ0n) is 12.9. The molecule has 0 saturated carbocycles. The number of nitrogens with two attached hydrogens (primary N) is 1. The normalized spacial score (nSPS) is 12.4. The molecule has 2 N–H and O–H groups in total. The van der Waals surface area contributed by atoms with E-state index in [2.05, 4.69) is 52.9 Å². The van der Waals surface area contributed by atoms with Gasteiger partial charge in [0.15, 0.2) is 5.65 Å². The summed E-state index contributed by atoms with van der Waals surface area (Å²) in [7, 11) is 0. The molecule has 0 amide bonds. The Morgan fingerprint density at radius 3 is 2.76 bits per heavy atom. The molecule has 5 nitrogen and oxygen atoms in total. The average molecular weight is 303 g/mol. The van der Waals surface area contributed by atoms with Gasteiger partial charge in [0.25, 0.3) is 0 Å². The molecule has 0 aliphatic heterocycles. The Morgan fingerprint density at radius 1 is 1.38 bits per heavy atom. The van der Waals surface area contributed by atoms with Gasteiger partial charge in [0.1, 0.15) is 5.52 Å². The van der Waals surface area contributed by atoms with Crippen LogP contribution in [0.3, 0.4) is 0 Å². The van der Waals surface area contributed by atoms with Crippen LogP contribution < -0.4 is 5.73 Å². The van der Waals surface area contributed by atoms with E-state index in [0.717, 1.165) is 29.9 Å². The average Bonchev–Trinajstić information content (AvgIpc) is 3.11. The van der Waals surface area contributed by atoms with Crippen molar-refractivity contribution in [1.29, 1.82) is 0 Å². The van der Waals surface area contributed by atoms with Crippen LogP contribution in [0.4, 0.5) is 5.95 Å². The van der Waals surface area contributed by atoms with E-state index in [1.54, 1.807) is 11.3 Å². The lowest BCUT2D eigenvalue weighted by atomic mass is 9.91. The molecule has 0 atom stereocenters. The van der Waals surface area contributed by atoms with Gasteiger partial charge in [-0.3, -0.25) is 4.57 Å². The van der Waals surface area contributed by atoms with E-state index in [-0.39, 0.29) is 5.41 Å². The summed E-state index contributed by atoms with van der Waals surface area (Å²) in [6, 6.07) is 4.27. The molecular weight excluding hydrogens is 282 g/mol. The molecule has 0 spiro atoms. The Bertz CT molecular complexity index is 764. The summed E-state index contributed by atoms with van der Waals surface area (Å²) in [6.07, 6.45) is 0. The molecule has 0 radical (unpaired) electrons. The molecule has 0 bridgehead atoms. The first-order valence-electron chi connectivity index (χ1n) is 7.17. The van der Waals surface area contributed by atoms with Gasteiger partial charge in [0.2, 0.25) is 5.95 Å². The van der Waals surface area contributed by atoms with Crippen LogP contribution in [0.1, 0.15) is 31.3 Å². The largest absolute Gasteiger partial charge is 0.369 e. The highest BCUT2D eigenvalue weighted by atomic mass is 32.1. The fourth-order valence-corrected chi connectivity index (χ4v) is 3.60. The molecule has 0 saturated heterocycles. The van der Waals surface area contributed by atoms with Crippen LogP contribution in [-0.4, -0.2) is 19.3 Å². The van der Waals surface area contributed by atoms with Crippen LogP contribution in [0.15, 0.2) is 17.5 Å². The minimum atomic E-state index is 0.00661. The molecular formula is C15H21N5S. The summed E-state index contributed by atoms with van der Waals surface area (Å²) in [5, 5.41) is 6.66. The molecule has 6 heteroatoms. The van der Waals surface area contributed by atoms with E-state index in [9.17, 15) is 0 Å². The summed E-state index contributed by atoms with van der Waals surface area (Å²) >= 11 is 1.78. The number of aryl methyl sites for hydroxylation is 2. The molecule has 3 heterocycles. The van der Waals surface area contributed by atoms with E-state index < -0.39 is 0 Å². The zero-order chi connectivity index (χ0) is 15.2. The second-order valence-corrected chi connectivity index (χ2v) is 6.94. The van der Waals surface area contributed by atoms with Gasteiger partial charge in [-0.15, -0.1) is 11.3 Å². The summed E-state index contributed by atoms with van der Waals surface area (Å²) in [5.41, 5.74) is 9.05. The van der Waals surface area contributed by atoms with E-state index in [0.29, 0.717) is 5.95 Å². The highest BCUT2D eigenvalue weighted by molar-refractivity contribution is 7.10. The highest BCUT2D eigenvalue weighted by Gasteiger charge is 2.26. The molecule has 0 unspecified atom stereocenters. The Labute approximate surface area is 128 Å². The third-order valence-electron chi connectivity index (χ3n) is 3.87. The van der Waals surface area contributed by atoms with Gasteiger partial charge < -0.3 is 5.73 Å². The number of nitrogen functional groups attached to an aromatic ring is 1. The third kappa shape index (κ3) is 2.23. The van der Waals surface area contributed by atoms with Crippen LogP contribution in [0.2, 0.25) is 0 Å². The first-order chi connectivity index (χ1) is 9.94. The van der Waals surface area contributed by atoms with Gasteiger partial charge in [-0.05, 0) is 25.3 Å². The molecule has 3 aromatic rings. The zero-order valence-corrected chi connectivity index (χ0v) is 13.7.